The summed E-state index contributed by atoms with van der Waals surface area (Å²) in [5.41, 5.74) is -0.552. The van der Waals surface area contributed by atoms with Crippen LogP contribution in [0.1, 0.15) is 47.5 Å². The molecule has 3 atom stereocenters. The summed E-state index contributed by atoms with van der Waals surface area (Å²) in [5.74, 6) is -2.76. The van der Waals surface area contributed by atoms with Crippen LogP contribution < -0.4 is 4.74 Å². The predicted molar refractivity (Wildman–Crippen MR) is 136 cm³/mol. The molecule has 1 fully saturated rings. The molecular weight excluding hydrogens is 472 g/mol. The fourth-order valence-electron chi connectivity index (χ4n) is 4.95. The van der Waals surface area contributed by atoms with Gasteiger partial charge in [0.25, 0.3) is 0 Å². The van der Waals surface area contributed by atoms with Crippen molar-refractivity contribution in [2.45, 2.75) is 26.1 Å². The van der Waals surface area contributed by atoms with Gasteiger partial charge in [-0.25, -0.2) is 0 Å². The lowest BCUT2D eigenvalue weighted by atomic mass is 9.66. The van der Waals surface area contributed by atoms with E-state index >= 15 is 0 Å². The summed E-state index contributed by atoms with van der Waals surface area (Å²) in [4.78, 5) is 42.1. The van der Waals surface area contributed by atoms with Crippen LogP contribution >= 0.6 is 0 Å². The molecule has 3 aromatic carbocycles. The minimum absolute atomic E-state index is 0.0148. The number of rotatable bonds is 9. The zero-order valence-corrected chi connectivity index (χ0v) is 21.1. The lowest BCUT2D eigenvalue weighted by Gasteiger charge is -2.33. The minimum Gasteiger partial charge on any atom is -0.497 e. The van der Waals surface area contributed by atoms with Crippen molar-refractivity contribution >= 4 is 17.7 Å². The fraction of sp³-hybridized carbons (Fsp3) is 0.300. The van der Waals surface area contributed by atoms with Gasteiger partial charge >= 0.3 is 11.9 Å². The third-order valence-corrected chi connectivity index (χ3v) is 6.60. The molecule has 0 saturated carbocycles. The number of hydrogen-bond donors (Lipinski definition) is 0. The van der Waals surface area contributed by atoms with Crippen molar-refractivity contribution in [2.24, 2.45) is 11.3 Å². The number of Topliss-reactive ketones (excluding diaryl/α,β-unsaturated/α-hetero) is 1. The molecule has 37 heavy (non-hydrogen) atoms. The van der Waals surface area contributed by atoms with Gasteiger partial charge < -0.3 is 18.9 Å². The molecule has 7 heteroatoms. The van der Waals surface area contributed by atoms with E-state index in [-0.39, 0.29) is 13.2 Å². The largest absolute Gasteiger partial charge is 0.497 e. The van der Waals surface area contributed by atoms with Gasteiger partial charge in [0, 0.05) is 5.56 Å². The van der Waals surface area contributed by atoms with E-state index in [4.69, 9.17) is 18.9 Å². The molecule has 0 aliphatic carbocycles. The second-order valence-corrected chi connectivity index (χ2v) is 8.64. The number of ether oxygens (including phenoxy) is 4. The summed E-state index contributed by atoms with van der Waals surface area (Å²) in [5, 5.41) is 0. The molecule has 192 valence electrons. The molecule has 3 aromatic rings. The van der Waals surface area contributed by atoms with Gasteiger partial charge in [-0.05, 0) is 37.1 Å². The van der Waals surface area contributed by atoms with Crippen LogP contribution in [0.4, 0.5) is 0 Å². The highest BCUT2D eigenvalue weighted by atomic mass is 16.6. The Balaban J connectivity index is 2.00. The van der Waals surface area contributed by atoms with Crippen molar-refractivity contribution in [3.05, 3.63) is 102 Å². The third kappa shape index (κ3) is 4.74. The third-order valence-electron chi connectivity index (χ3n) is 6.60. The molecule has 7 nitrogen and oxygen atoms in total. The highest BCUT2D eigenvalue weighted by Crippen LogP contribution is 2.59. The molecule has 0 radical (unpaired) electrons. The van der Waals surface area contributed by atoms with Crippen molar-refractivity contribution in [1.29, 1.82) is 0 Å². The number of ketones is 1. The Bertz CT molecular complexity index is 1200. The standard InChI is InChI=1S/C30H30O7/c1-4-35-28(32)30(29(33)36-5-2)24(25(31)20-12-8-6-9-13-20)26(21-16-18-23(34-3)19-17-21)37-27(30)22-14-10-7-11-15-22/h6-19,24,26-27H,4-5H2,1-3H3/t24-,26-,27+/m1/s1. The quantitative estimate of drug-likeness (QED) is 0.228. The highest BCUT2D eigenvalue weighted by molar-refractivity contribution is 6.10. The lowest BCUT2D eigenvalue weighted by molar-refractivity contribution is -0.178. The molecule has 0 N–H and O–H groups in total. The van der Waals surface area contributed by atoms with E-state index in [1.54, 1.807) is 99.8 Å². The van der Waals surface area contributed by atoms with Crippen LogP contribution in [0, 0.1) is 11.3 Å². The van der Waals surface area contributed by atoms with Crippen LogP contribution in [0.25, 0.3) is 0 Å². The minimum atomic E-state index is -2.08. The number of methoxy groups -OCH3 is 1. The normalized spacial score (nSPS) is 20.1. The molecule has 1 aliphatic heterocycles. The maximum Gasteiger partial charge on any atom is 0.327 e. The van der Waals surface area contributed by atoms with Crippen molar-refractivity contribution in [2.75, 3.05) is 20.3 Å². The van der Waals surface area contributed by atoms with E-state index in [1.807, 2.05) is 6.07 Å². The lowest BCUT2D eigenvalue weighted by Crippen LogP contribution is -2.51. The fourth-order valence-corrected chi connectivity index (χ4v) is 4.95. The average molecular weight is 503 g/mol. The van der Waals surface area contributed by atoms with E-state index < -0.39 is 41.3 Å². The smallest absolute Gasteiger partial charge is 0.327 e. The Morgan fingerprint density at radius 1 is 0.757 bits per heavy atom. The molecule has 0 spiro atoms. The molecule has 1 heterocycles. The monoisotopic (exact) mass is 502 g/mol. The zero-order valence-electron chi connectivity index (χ0n) is 21.1. The average Bonchev–Trinajstić information content (AvgIpc) is 3.31. The Morgan fingerprint density at radius 2 is 1.30 bits per heavy atom. The van der Waals surface area contributed by atoms with Crippen molar-refractivity contribution in [3.63, 3.8) is 0 Å². The van der Waals surface area contributed by atoms with E-state index in [1.165, 1.54) is 0 Å². The number of carbonyl (C=O) groups is 3. The molecule has 0 unspecified atom stereocenters. The topological polar surface area (TPSA) is 88.1 Å². The first-order valence-electron chi connectivity index (χ1n) is 12.3. The number of esters is 2. The van der Waals surface area contributed by atoms with Gasteiger partial charge in [0.2, 0.25) is 5.41 Å². The molecule has 0 amide bonds. The van der Waals surface area contributed by atoms with E-state index in [0.29, 0.717) is 22.4 Å². The van der Waals surface area contributed by atoms with Crippen molar-refractivity contribution in [1.82, 2.24) is 0 Å². The Hall–Kier alpha value is -3.97. The first kappa shape index (κ1) is 26.1. The summed E-state index contributed by atoms with van der Waals surface area (Å²) in [6.45, 7) is 3.33. The number of benzene rings is 3. The van der Waals surface area contributed by atoms with Crippen LogP contribution in [0.3, 0.4) is 0 Å². The zero-order chi connectivity index (χ0) is 26.4. The van der Waals surface area contributed by atoms with Gasteiger partial charge in [-0.3, -0.25) is 14.4 Å². The Morgan fingerprint density at radius 3 is 1.81 bits per heavy atom. The van der Waals surface area contributed by atoms with Crippen LogP contribution in [-0.2, 0) is 23.8 Å². The van der Waals surface area contributed by atoms with E-state index in [2.05, 4.69) is 0 Å². The van der Waals surface area contributed by atoms with Gasteiger partial charge in [-0.15, -0.1) is 0 Å². The SMILES string of the molecule is CCOC(=O)C1(C(=O)OCC)[C@H](C(=O)c2ccccc2)[C@@H](c2ccc(OC)cc2)O[C@H]1c1ccccc1. The van der Waals surface area contributed by atoms with Gasteiger partial charge in [-0.2, -0.15) is 0 Å². The molecule has 0 bridgehead atoms. The van der Waals surface area contributed by atoms with Gasteiger partial charge in [0.1, 0.15) is 11.9 Å². The summed E-state index contributed by atoms with van der Waals surface area (Å²) in [7, 11) is 1.56. The molecule has 1 aliphatic rings. The Labute approximate surface area is 216 Å². The van der Waals surface area contributed by atoms with Crippen LogP contribution in [0.5, 0.6) is 5.75 Å². The summed E-state index contributed by atoms with van der Waals surface area (Å²) in [6, 6.07) is 24.5. The second kappa shape index (κ2) is 11.4. The summed E-state index contributed by atoms with van der Waals surface area (Å²) >= 11 is 0. The summed E-state index contributed by atoms with van der Waals surface area (Å²) < 4.78 is 22.8. The van der Waals surface area contributed by atoms with Gasteiger partial charge in [-0.1, -0.05) is 72.8 Å². The predicted octanol–water partition coefficient (Wildman–Crippen LogP) is 5.12. The molecular formula is C30H30O7. The van der Waals surface area contributed by atoms with Crippen molar-refractivity contribution in [3.8, 4) is 5.75 Å². The van der Waals surface area contributed by atoms with Crippen LogP contribution in [0.2, 0.25) is 0 Å². The number of hydrogen-bond acceptors (Lipinski definition) is 7. The van der Waals surface area contributed by atoms with E-state index in [9.17, 15) is 14.4 Å². The summed E-state index contributed by atoms with van der Waals surface area (Å²) in [6.07, 6.45) is -2.07. The maximum atomic E-state index is 14.2. The highest BCUT2D eigenvalue weighted by Gasteiger charge is 2.70. The van der Waals surface area contributed by atoms with Gasteiger partial charge in [0.15, 0.2) is 5.78 Å². The van der Waals surface area contributed by atoms with Crippen molar-refractivity contribution < 1.29 is 33.3 Å². The Kier molecular flexibility index (Phi) is 8.04. The van der Waals surface area contributed by atoms with E-state index in [0.717, 1.165) is 0 Å². The van der Waals surface area contributed by atoms with Gasteiger partial charge in [0.05, 0.1) is 32.3 Å². The second-order valence-electron chi connectivity index (χ2n) is 8.64. The first-order chi connectivity index (χ1) is 18.0. The number of carbonyl (C=O) groups excluding carboxylic acids is 3. The van der Waals surface area contributed by atoms with Crippen LogP contribution in [0.15, 0.2) is 84.9 Å². The molecule has 0 aromatic heterocycles. The molecule has 4 rings (SSSR count). The first-order valence-corrected chi connectivity index (χ1v) is 12.3. The van der Waals surface area contributed by atoms with Crippen LogP contribution in [-0.4, -0.2) is 38.0 Å². The molecule has 1 saturated heterocycles. The maximum absolute atomic E-state index is 14.2.